The van der Waals surface area contributed by atoms with Crippen molar-refractivity contribution in [2.24, 2.45) is 0 Å². The van der Waals surface area contributed by atoms with E-state index in [-0.39, 0.29) is 29.8 Å². The SMILES string of the molecule is Cc1cc(=O)n(CC(=O)Nc2ccccc2C)c(Nc2ccc(F)cc2)n1. The number of halogens is 1. The minimum Gasteiger partial charge on any atom is -0.326 e. The minimum absolute atomic E-state index is 0.204. The molecule has 3 rings (SSSR count). The van der Waals surface area contributed by atoms with Crippen molar-refractivity contribution in [2.45, 2.75) is 20.4 Å². The molecule has 27 heavy (non-hydrogen) atoms. The van der Waals surface area contributed by atoms with E-state index in [9.17, 15) is 14.0 Å². The first-order valence-corrected chi connectivity index (χ1v) is 8.39. The Kier molecular flexibility index (Phi) is 5.30. The van der Waals surface area contributed by atoms with Crippen molar-refractivity contribution in [3.8, 4) is 0 Å². The number of carbonyl (C=O) groups is 1. The van der Waals surface area contributed by atoms with Gasteiger partial charge in [-0.2, -0.15) is 0 Å². The monoisotopic (exact) mass is 366 g/mol. The van der Waals surface area contributed by atoms with Crippen molar-refractivity contribution in [1.29, 1.82) is 0 Å². The Morgan fingerprint density at radius 1 is 1.11 bits per heavy atom. The van der Waals surface area contributed by atoms with Gasteiger partial charge in [0.1, 0.15) is 12.4 Å². The van der Waals surface area contributed by atoms with Crippen LogP contribution in [0.2, 0.25) is 0 Å². The predicted molar refractivity (Wildman–Crippen MR) is 103 cm³/mol. The second kappa shape index (κ2) is 7.82. The van der Waals surface area contributed by atoms with E-state index >= 15 is 0 Å². The van der Waals surface area contributed by atoms with E-state index in [1.54, 1.807) is 13.0 Å². The quantitative estimate of drug-likeness (QED) is 0.726. The summed E-state index contributed by atoms with van der Waals surface area (Å²) in [5, 5.41) is 5.76. The molecule has 0 aliphatic carbocycles. The van der Waals surface area contributed by atoms with Crippen LogP contribution < -0.4 is 16.2 Å². The first-order valence-electron chi connectivity index (χ1n) is 8.39. The Morgan fingerprint density at radius 2 is 1.81 bits per heavy atom. The van der Waals surface area contributed by atoms with E-state index in [2.05, 4.69) is 15.6 Å². The van der Waals surface area contributed by atoms with Crippen LogP contribution in [0.25, 0.3) is 0 Å². The van der Waals surface area contributed by atoms with Crippen LogP contribution in [0.1, 0.15) is 11.3 Å². The lowest BCUT2D eigenvalue weighted by atomic mass is 10.2. The molecule has 1 heterocycles. The largest absolute Gasteiger partial charge is 0.326 e. The van der Waals surface area contributed by atoms with Crippen LogP contribution in [0.5, 0.6) is 0 Å². The van der Waals surface area contributed by atoms with Gasteiger partial charge in [-0.1, -0.05) is 18.2 Å². The Hall–Kier alpha value is -3.48. The molecule has 0 unspecified atom stereocenters. The van der Waals surface area contributed by atoms with Gasteiger partial charge < -0.3 is 10.6 Å². The van der Waals surface area contributed by atoms with E-state index in [1.807, 2.05) is 25.1 Å². The van der Waals surface area contributed by atoms with Gasteiger partial charge in [0.25, 0.3) is 5.56 Å². The van der Waals surface area contributed by atoms with Crippen LogP contribution in [0, 0.1) is 19.7 Å². The summed E-state index contributed by atoms with van der Waals surface area (Å²) >= 11 is 0. The van der Waals surface area contributed by atoms with E-state index in [0.29, 0.717) is 17.1 Å². The second-order valence-corrected chi connectivity index (χ2v) is 6.14. The van der Waals surface area contributed by atoms with Gasteiger partial charge in [-0.3, -0.25) is 14.2 Å². The molecule has 1 aromatic heterocycles. The highest BCUT2D eigenvalue weighted by molar-refractivity contribution is 5.91. The third-order valence-electron chi connectivity index (χ3n) is 3.96. The number of aryl methyl sites for hydroxylation is 2. The normalized spacial score (nSPS) is 10.5. The minimum atomic E-state index is -0.368. The number of hydrogen-bond acceptors (Lipinski definition) is 4. The number of carbonyl (C=O) groups excluding carboxylic acids is 1. The number of amides is 1. The average Bonchev–Trinajstić information content (AvgIpc) is 2.62. The van der Waals surface area contributed by atoms with Crippen LogP contribution in [-0.2, 0) is 11.3 Å². The fourth-order valence-electron chi connectivity index (χ4n) is 2.58. The third-order valence-corrected chi connectivity index (χ3v) is 3.96. The number of benzene rings is 2. The van der Waals surface area contributed by atoms with Crippen LogP contribution in [-0.4, -0.2) is 15.5 Å². The predicted octanol–water partition coefficient (Wildman–Crippen LogP) is 3.38. The van der Waals surface area contributed by atoms with Crippen molar-refractivity contribution >= 4 is 23.2 Å². The Bertz CT molecular complexity index is 1030. The standard InChI is InChI=1S/C20H19FN4O2/c1-13-5-3-4-6-17(13)24-18(26)12-25-19(27)11-14(2)22-20(25)23-16-9-7-15(21)8-10-16/h3-11H,12H2,1-2H3,(H,22,23)(H,24,26). The van der Waals surface area contributed by atoms with E-state index < -0.39 is 0 Å². The maximum absolute atomic E-state index is 13.1. The van der Waals surface area contributed by atoms with Crippen molar-refractivity contribution < 1.29 is 9.18 Å². The molecular formula is C20H19FN4O2. The number of aromatic nitrogens is 2. The highest BCUT2D eigenvalue weighted by Crippen LogP contribution is 2.16. The number of para-hydroxylation sites is 1. The van der Waals surface area contributed by atoms with Gasteiger partial charge in [-0.05, 0) is 49.7 Å². The van der Waals surface area contributed by atoms with Gasteiger partial charge in [0.2, 0.25) is 11.9 Å². The first kappa shape index (κ1) is 18.3. The number of anilines is 3. The van der Waals surface area contributed by atoms with Gasteiger partial charge in [0, 0.05) is 23.1 Å². The second-order valence-electron chi connectivity index (χ2n) is 6.14. The molecule has 0 atom stereocenters. The summed E-state index contributed by atoms with van der Waals surface area (Å²) in [7, 11) is 0. The molecule has 1 amide bonds. The fourth-order valence-corrected chi connectivity index (χ4v) is 2.58. The molecule has 6 nitrogen and oxygen atoms in total. The van der Waals surface area contributed by atoms with E-state index in [0.717, 1.165) is 5.56 Å². The molecule has 0 saturated heterocycles. The molecule has 0 aliphatic rings. The van der Waals surface area contributed by atoms with Crippen molar-refractivity contribution in [2.75, 3.05) is 10.6 Å². The molecule has 2 aromatic carbocycles. The lowest BCUT2D eigenvalue weighted by Gasteiger charge is -2.15. The fraction of sp³-hybridized carbons (Fsp3) is 0.150. The molecule has 7 heteroatoms. The van der Waals surface area contributed by atoms with Crippen molar-refractivity contribution in [1.82, 2.24) is 9.55 Å². The summed E-state index contributed by atoms with van der Waals surface area (Å²) in [6.45, 7) is 3.37. The molecular weight excluding hydrogens is 347 g/mol. The molecule has 0 spiro atoms. The lowest BCUT2D eigenvalue weighted by molar-refractivity contribution is -0.116. The Morgan fingerprint density at radius 3 is 2.52 bits per heavy atom. The van der Waals surface area contributed by atoms with Crippen LogP contribution in [0.4, 0.5) is 21.7 Å². The highest BCUT2D eigenvalue weighted by Gasteiger charge is 2.12. The smallest absolute Gasteiger partial charge is 0.255 e. The van der Waals surface area contributed by atoms with Gasteiger partial charge >= 0.3 is 0 Å². The van der Waals surface area contributed by atoms with Crippen LogP contribution in [0.3, 0.4) is 0 Å². The van der Waals surface area contributed by atoms with Crippen molar-refractivity contribution in [3.05, 3.63) is 82.0 Å². The number of nitrogens with one attached hydrogen (secondary N) is 2. The van der Waals surface area contributed by atoms with Crippen LogP contribution >= 0.6 is 0 Å². The summed E-state index contributed by atoms with van der Waals surface area (Å²) in [4.78, 5) is 29.2. The molecule has 0 saturated carbocycles. The Labute approximate surface area is 155 Å². The van der Waals surface area contributed by atoms with Gasteiger partial charge in [0.05, 0.1) is 0 Å². The first-order chi connectivity index (χ1) is 12.9. The van der Waals surface area contributed by atoms with E-state index in [1.165, 1.54) is 34.9 Å². The third kappa shape index (κ3) is 4.58. The Balaban J connectivity index is 1.86. The number of rotatable bonds is 5. The maximum Gasteiger partial charge on any atom is 0.255 e. The molecule has 0 radical (unpaired) electrons. The molecule has 0 aliphatic heterocycles. The summed E-state index contributed by atoms with van der Waals surface area (Å²) in [5.74, 6) is -0.501. The summed E-state index contributed by atoms with van der Waals surface area (Å²) in [6.07, 6.45) is 0. The van der Waals surface area contributed by atoms with Crippen molar-refractivity contribution in [3.63, 3.8) is 0 Å². The molecule has 138 valence electrons. The number of nitrogens with zero attached hydrogens (tertiary/aromatic N) is 2. The molecule has 0 fully saturated rings. The maximum atomic E-state index is 13.1. The van der Waals surface area contributed by atoms with Gasteiger partial charge in [-0.25, -0.2) is 9.37 Å². The molecule has 3 aromatic rings. The van der Waals surface area contributed by atoms with Crippen LogP contribution in [0.15, 0.2) is 59.4 Å². The average molecular weight is 366 g/mol. The molecule has 0 bridgehead atoms. The lowest BCUT2D eigenvalue weighted by Crippen LogP contribution is -2.30. The summed E-state index contributed by atoms with van der Waals surface area (Å²) in [6, 6.07) is 14.4. The zero-order valence-corrected chi connectivity index (χ0v) is 15.0. The zero-order valence-electron chi connectivity index (χ0n) is 15.0. The molecule has 2 N–H and O–H groups in total. The summed E-state index contributed by atoms with van der Waals surface area (Å²) in [5.41, 5.74) is 2.32. The highest BCUT2D eigenvalue weighted by atomic mass is 19.1. The topological polar surface area (TPSA) is 76.0 Å². The summed E-state index contributed by atoms with van der Waals surface area (Å²) < 4.78 is 14.3. The zero-order chi connectivity index (χ0) is 19.4. The van der Waals surface area contributed by atoms with Gasteiger partial charge in [0.15, 0.2) is 0 Å². The van der Waals surface area contributed by atoms with E-state index in [4.69, 9.17) is 0 Å². The number of hydrogen-bond donors (Lipinski definition) is 2. The van der Waals surface area contributed by atoms with Gasteiger partial charge in [-0.15, -0.1) is 0 Å².